The van der Waals surface area contributed by atoms with Gasteiger partial charge >= 0.3 is 11.9 Å². The van der Waals surface area contributed by atoms with Crippen LogP contribution in [0.2, 0.25) is 0 Å². The summed E-state index contributed by atoms with van der Waals surface area (Å²) >= 11 is 0. The van der Waals surface area contributed by atoms with Crippen LogP contribution in [0.15, 0.2) is 0 Å². The molecule has 1 fully saturated rings. The Hall–Kier alpha value is -1.71. The van der Waals surface area contributed by atoms with Crippen molar-refractivity contribution in [1.29, 1.82) is 0 Å². The summed E-state index contributed by atoms with van der Waals surface area (Å²) in [5, 5.41) is 23.8. The fraction of sp³-hybridized carbons (Fsp3) is 0.903. The van der Waals surface area contributed by atoms with Gasteiger partial charge in [0.05, 0.1) is 0 Å². The van der Waals surface area contributed by atoms with Gasteiger partial charge in [0.15, 0.2) is 12.4 Å². The molecule has 0 saturated carbocycles. The van der Waals surface area contributed by atoms with Gasteiger partial charge in [-0.15, -0.1) is 0 Å². The molecule has 1 aliphatic heterocycles. The number of carbonyl (C=O) groups is 3. The first-order valence-corrected chi connectivity index (χ1v) is 15.8. The minimum absolute atomic E-state index is 0.104. The number of amides is 1. The predicted molar refractivity (Wildman–Crippen MR) is 154 cm³/mol. The van der Waals surface area contributed by atoms with Crippen molar-refractivity contribution in [3.8, 4) is 0 Å². The molecule has 234 valence electrons. The molecular formula is C31H57NO8. The summed E-state index contributed by atoms with van der Waals surface area (Å²) in [6.45, 7) is 6.96. The molecule has 0 spiro atoms. The highest BCUT2D eigenvalue weighted by molar-refractivity contribution is 5.74. The lowest BCUT2D eigenvalue weighted by Crippen LogP contribution is -2.65. The van der Waals surface area contributed by atoms with Gasteiger partial charge in [-0.25, -0.2) is 0 Å². The van der Waals surface area contributed by atoms with Gasteiger partial charge in [-0.3, -0.25) is 14.4 Å². The molecule has 40 heavy (non-hydrogen) atoms. The Bertz CT molecular complexity index is 701. The van der Waals surface area contributed by atoms with Crippen LogP contribution in [0.1, 0.15) is 137 Å². The van der Waals surface area contributed by atoms with Gasteiger partial charge in [0.1, 0.15) is 24.9 Å². The van der Waals surface area contributed by atoms with Gasteiger partial charge in [-0.2, -0.15) is 0 Å². The first kappa shape index (κ1) is 36.3. The van der Waals surface area contributed by atoms with Crippen molar-refractivity contribution >= 4 is 17.8 Å². The van der Waals surface area contributed by atoms with Gasteiger partial charge in [0, 0.05) is 19.8 Å². The van der Waals surface area contributed by atoms with E-state index in [4.69, 9.17) is 14.2 Å². The summed E-state index contributed by atoms with van der Waals surface area (Å²) in [7, 11) is 0. The lowest BCUT2D eigenvalue weighted by Gasteiger charge is -2.42. The highest BCUT2D eigenvalue weighted by Crippen LogP contribution is 2.24. The lowest BCUT2D eigenvalue weighted by atomic mass is 9.96. The molecule has 1 amide bonds. The second-order valence-electron chi connectivity index (χ2n) is 11.7. The Kier molecular flexibility index (Phi) is 19.9. The minimum atomic E-state index is -1.54. The third-order valence-electron chi connectivity index (χ3n) is 7.30. The molecule has 0 bridgehead atoms. The second-order valence-corrected chi connectivity index (χ2v) is 11.7. The molecule has 1 saturated heterocycles. The predicted octanol–water partition coefficient (Wildman–Crippen LogP) is 5.33. The number of hydrogen-bond donors (Lipinski definition) is 3. The normalized spacial score (nSPS) is 22.7. The Morgan fingerprint density at radius 3 is 1.77 bits per heavy atom. The monoisotopic (exact) mass is 571 g/mol. The van der Waals surface area contributed by atoms with E-state index in [1.807, 2.05) is 13.8 Å². The number of rotatable bonds is 22. The topological polar surface area (TPSA) is 131 Å². The van der Waals surface area contributed by atoms with Crippen LogP contribution in [0.25, 0.3) is 0 Å². The molecular weight excluding hydrogens is 514 g/mol. The molecule has 0 aromatic heterocycles. The van der Waals surface area contributed by atoms with Crippen molar-refractivity contribution in [3.05, 3.63) is 0 Å². The molecule has 0 aromatic carbocycles. The van der Waals surface area contributed by atoms with Crippen LogP contribution in [0.5, 0.6) is 0 Å². The molecule has 0 aromatic rings. The van der Waals surface area contributed by atoms with E-state index in [1.165, 1.54) is 77.6 Å². The Morgan fingerprint density at radius 2 is 1.30 bits per heavy atom. The summed E-state index contributed by atoms with van der Waals surface area (Å²) in [4.78, 5) is 36.1. The Morgan fingerprint density at radius 1 is 0.800 bits per heavy atom. The molecule has 5 unspecified atom stereocenters. The van der Waals surface area contributed by atoms with E-state index in [0.717, 1.165) is 19.3 Å². The maximum atomic E-state index is 12.6. The van der Waals surface area contributed by atoms with Crippen LogP contribution < -0.4 is 5.32 Å². The number of aliphatic hydroxyl groups excluding tert-OH is 2. The van der Waals surface area contributed by atoms with E-state index in [2.05, 4.69) is 12.2 Å². The minimum Gasteiger partial charge on any atom is -0.463 e. The molecule has 0 radical (unpaired) electrons. The molecule has 1 heterocycles. The number of esters is 2. The highest BCUT2D eigenvalue weighted by atomic mass is 16.6. The maximum Gasteiger partial charge on any atom is 0.306 e. The first-order chi connectivity index (χ1) is 19.1. The average molecular weight is 572 g/mol. The number of hydrogen-bond acceptors (Lipinski definition) is 8. The standard InChI is InChI=1S/C31H57NO8/c1-5-6-7-8-9-10-11-12-13-14-15-16-17-18-19-20-26(34)40-30-28(32-24(4)33)31(37)39-25(29(30)36)22-38-27(35)21-23(2)3/h23,25,28-31,36-37H,5-22H2,1-4H3,(H,32,33). The molecule has 9 heteroatoms. The van der Waals surface area contributed by atoms with Crippen LogP contribution in [0, 0.1) is 5.92 Å². The zero-order chi connectivity index (χ0) is 29.8. The van der Waals surface area contributed by atoms with Crippen molar-refractivity contribution < 1.29 is 38.8 Å². The fourth-order valence-corrected chi connectivity index (χ4v) is 5.02. The summed E-state index contributed by atoms with van der Waals surface area (Å²) in [6, 6.07) is -1.14. The number of nitrogens with one attached hydrogen (secondary N) is 1. The SMILES string of the molecule is CCCCCCCCCCCCCCCCCC(=O)OC1C(O)C(COC(=O)CC(C)C)OC(O)C1NC(C)=O. The number of aliphatic hydroxyl groups is 2. The largest absolute Gasteiger partial charge is 0.463 e. The van der Waals surface area contributed by atoms with E-state index in [-0.39, 0.29) is 25.4 Å². The van der Waals surface area contributed by atoms with Crippen molar-refractivity contribution in [1.82, 2.24) is 5.32 Å². The third-order valence-corrected chi connectivity index (χ3v) is 7.30. The van der Waals surface area contributed by atoms with Gasteiger partial charge in [0.25, 0.3) is 0 Å². The second kappa shape index (κ2) is 22.0. The average Bonchev–Trinajstić information content (AvgIpc) is 2.89. The molecule has 1 aliphatic rings. The fourth-order valence-electron chi connectivity index (χ4n) is 5.02. The van der Waals surface area contributed by atoms with Crippen LogP contribution in [0.3, 0.4) is 0 Å². The smallest absolute Gasteiger partial charge is 0.306 e. The van der Waals surface area contributed by atoms with Gasteiger partial charge in [-0.05, 0) is 12.3 Å². The maximum absolute atomic E-state index is 12.6. The van der Waals surface area contributed by atoms with Crippen molar-refractivity contribution in [2.75, 3.05) is 6.61 Å². The summed E-state index contributed by atoms with van der Waals surface area (Å²) in [6.07, 6.45) is 13.5. The zero-order valence-corrected chi connectivity index (χ0v) is 25.5. The van der Waals surface area contributed by atoms with E-state index in [9.17, 15) is 24.6 Å². The van der Waals surface area contributed by atoms with Crippen molar-refractivity contribution in [3.63, 3.8) is 0 Å². The summed E-state index contributed by atoms with van der Waals surface area (Å²) in [5.74, 6) is -1.33. The quantitative estimate of drug-likeness (QED) is 0.117. The van der Waals surface area contributed by atoms with Gasteiger partial charge < -0.3 is 29.7 Å². The number of carbonyl (C=O) groups excluding carboxylic acids is 3. The van der Waals surface area contributed by atoms with E-state index in [1.54, 1.807) is 0 Å². The summed E-state index contributed by atoms with van der Waals surface area (Å²) in [5.41, 5.74) is 0. The molecule has 1 rings (SSSR count). The van der Waals surface area contributed by atoms with Crippen LogP contribution in [0.4, 0.5) is 0 Å². The van der Waals surface area contributed by atoms with Crippen LogP contribution >= 0.6 is 0 Å². The number of unbranched alkanes of at least 4 members (excludes halogenated alkanes) is 14. The van der Waals surface area contributed by atoms with Crippen molar-refractivity contribution in [2.24, 2.45) is 5.92 Å². The van der Waals surface area contributed by atoms with Gasteiger partial charge in [0.2, 0.25) is 5.91 Å². The lowest BCUT2D eigenvalue weighted by molar-refractivity contribution is -0.260. The van der Waals surface area contributed by atoms with Crippen LogP contribution in [-0.4, -0.2) is 65.3 Å². The first-order valence-electron chi connectivity index (χ1n) is 15.8. The molecule has 3 N–H and O–H groups in total. The zero-order valence-electron chi connectivity index (χ0n) is 25.5. The van der Waals surface area contributed by atoms with Gasteiger partial charge in [-0.1, -0.05) is 111 Å². The van der Waals surface area contributed by atoms with E-state index < -0.39 is 48.5 Å². The van der Waals surface area contributed by atoms with Crippen LogP contribution in [-0.2, 0) is 28.6 Å². The summed E-state index contributed by atoms with van der Waals surface area (Å²) < 4.78 is 16.1. The molecule has 0 aliphatic carbocycles. The molecule has 5 atom stereocenters. The molecule has 9 nitrogen and oxygen atoms in total. The van der Waals surface area contributed by atoms with E-state index in [0.29, 0.717) is 6.42 Å². The number of ether oxygens (including phenoxy) is 3. The Labute approximate surface area is 242 Å². The Balaban J connectivity index is 2.31. The van der Waals surface area contributed by atoms with Crippen molar-refractivity contribution in [2.45, 2.75) is 167 Å². The third kappa shape index (κ3) is 16.5. The van der Waals surface area contributed by atoms with E-state index >= 15 is 0 Å². The highest BCUT2D eigenvalue weighted by Gasteiger charge is 2.47.